The number of hydrogen-bond acceptors (Lipinski definition) is 4. The smallest absolute Gasteiger partial charge is 0.255 e. The lowest BCUT2D eigenvalue weighted by Gasteiger charge is -2.11. The van der Waals surface area contributed by atoms with Crippen LogP contribution in [-0.2, 0) is 9.59 Å². The van der Waals surface area contributed by atoms with Gasteiger partial charge in [-0.25, -0.2) is 0 Å². The number of hydrogen-bond donors (Lipinski definition) is 3. The first-order chi connectivity index (χ1) is 12.4. The van der Waals surface area contributed by atoms with Crippen LogP contribution in [0.5, 0.6) is 0 Å². The molecule has 2 rings (SSSR count). The fourth-order valence-electron chi connectivity index (χ4n) is 2.03. The molecule has 0 unspecified atom stereocenters. The van der Waals surface area contributed by atoms with Gasteiger partial charge in [-0.15, -0.1) is 11.8 Å². The summed E-state index contributed by atoms with van der Waals surface area (Å²) in [5.74, 6) is -0.763. The van der Waals surface area contributed by atoms with Gasteiger partial charge in [0.1, 0.15) is 0 Å². The molecule has 0 atom stereocenters. The van der Waals surface area contributed by atoms with Crippen LogP contribution in [0.4, 0.5) is 11.4 Å². The number of thioether (sulfide) groups is 1. The first kappa shape index (κ1) is 19.5. The zero-order chi connectivity index (χ0) is 19.1. The molecular weight excluding hydrogens is 350 g/mol. The molecule has 0 saturated carbocycles. The van der Waals surface area contributed by atoms with E-state index in [1.165, 1.54) is 11.8 Å². The van der Waals surface area contributed by atoms with E-state index >= 15 is 0 Å². The highest BCUT2D eigenvalue weighted by atomic mass is 32.2. The van der Waals surface area contributed by atoms with Gasteiger partial charge in [-0.2, -0.15) is 0 Å². The molecule has 0 aliphatic rings. The van der Waals surface area contributed by atoms with Crippen LogP contribution in [-0.4, -0.2) is 23.5 Å². The first-order valence-electron chi connectivity index (χ1n) is 8.09. The second-order valence-electron chi connectivity index (χ2n) is 5.93. The molecule has 0 aliphatic carbocycles. The average Bonchev–Trinajstić information content (AvgIpc) is 2.61. The van der Waals surface area contributed by atoms with Crippen LogP contribution in [0.15, 0.2) is 53.4 Å². The second-order valence-corrected chi connectivity index (χ2v) is 6.94. The van der Waals surface area contributed by atoms with E-state index in [2.05, 4.69) is 10.6 Å². The molecule has 0 aliphatic heterocycles. The third kappa shape index (κ3) is 5.63. The Morgan fingerprint density at radius 2 is 1.65 bits per heavy atom. The summed E-state index contributed by atoms with van der Waals surface area (Å²) < 4.78 is 0. The molecule has 7 heteroatoms. The summed E-state index contributed by atoms with van der Waals surface area (Å²) in [5, 5.41) is 5.61. The fourth-order valence-corrected chi connectivity index (χ4v) is 2.78. The van der Waals surface area contributed by atoms with Crippen LogP contribution in [0.25, 0.3) is 0 Å². The quantitative estimate of drug-likeness (QED) is 0.651. The maximum atomic E-state index is 12.4. The number of primary amides is 1. The van der Waals surface area contributed by atoms with Crippen LogP contribution in [0.1, 0.15) is 24.2 Å². The van der Waals surface area contributed by atoms with Crippen molar-refractivity contribution >= 4 is 40.9 Å². The normalized spacial score (nSPS) is 10.4. The number of carbonyl (C=O) groups is 3. The molecule has 0 bridgehead atoms. The lowest BCUT2D eigenvalue weighted by Crippen LogP contribution is -2.18. The van der Waals surface area contributed by atoms with Gasteiger partial charge < -0.3 is 16.4 Å². The third-order valence-electron chi connectivity index (χ3n) is 3.44. The number of anilines is 2. The SMILES string of the molecule is CC(C)C(=O)Nc1ccc(C(=O)Nc2ccccc2SCC(N)=O)cc1. The van der Waals surface area contributed by atoms with E-state index in [0.29, 0.717) is 16.9 Å². The highest BCUT2D eigenvalue weighted by Crippen LogP contribution is 2.27. The topological polar surface area (TPSA) is 101 Å². The fraction of sp³-hybridized carbons (Fsp3) is 0.211. The Labute approximate surface area is 156 Å². The molecule has 0 spiro atoms. The van der Waals surface area contributed by atoms with Crippen LogP contribution >= 0.6 is 11.8 Å². The molecule has 0 aromatic heterocycles. The second kappa shape index (κ2) is 9.05. The van der Waals surface area contributed by atoms with E-state index in [4.69, 9.17) is 5.73 Å². The molecule has 3 amide bonds. The molecule has 26 heavy (non-hydrogen) atoms. The van der Waals surface area contributed by atoms with Gasteiger partial charge in [0.05, 0.1) is 11.4 Å². The molecule has 0 heterocycles. The van der Waals surface area contributed by atoms with E-state index in [0.717, 1.165) is 4.90 Å². The predicted octanol–water partition coefficient (Wildman–Crippen LogP) is 3.11. The van der Waals surface area contributed by atoms with E-state index < -0.39 is 5.91 Å². The molecule has 4 N–H and O–H groups in total. The van der Waals surface area contributed by atoms with Gasteiger partial charge >= 0.3 is 0 Å². The Morgan fingerprint density at radius 3 is 2.27 bits per heavy atom. The van der Waals surface area contributed by atoms with Crippen LogP contribution < -0.4 is 16.4 Å². The molecule has 6 nitrogen and oxygen atoms in total. The van der Waals surface area contributed by atoms with Crippen molar-refractivity contribution in [2.45, 2.75) is 18.7 Å². The number of nitrogens with two attached hydrogens (primary N) is 1. The number of nitrogens with one attached hydrogen (secondary N) is 2. The molecule has 0 radical (unpaired) electrons. The minimum atomic E-state index is -0.421. The van der Waals surface area contributed by atoms with Gasteiger partial charge in [-0.05, 0) is 36.4 Å². The zero-order valence-electron chi connectivity index (χ0n) is 14.6. The van der Waals surface area contributed by atoms with Gasteiger partial charge in [0.15, 0.2) is 0 Å². The van der Waals surface area contributed by atoms with Crippen molar-refractivity contribution in [2.75, 3.05) is 16.4 Å². The summed E-state index contributed by atoms with van der Waals surface area (Å²) in [4.78, 5) is 35.9. The van der Waals surface area contributed by atoms with E-state index in [9.17, 15) is 14.4 Å². The molecule has 2 aromatic carbocycles. The predicted molar refractivity (Wildman–Crippen MR) is 104 cm³/mol. The van der Waals surface area contributed by atoms with Gasteiger partial charge in [0.25, 0.3) is 5.91 Å². The minimum Gasteiger partial charge on any atom is -0.369 e. The Kier molecular flexibility index (Phi) is 6.80. The lowest BCUT2D eigenvalue weighted by molar-refractivity contribution is -0.119. The standard InChI is InChI=1S/C19H21N3O3S/c1-12(2)18(24)21-14-9-7-13(8-10-14)19(25)22-15-5-3-4-6-16(15)26-11-17(20)23/h3-10,12H,11H2,1-2H3,(H2,20,23)(H,21,24)(H,22,25). The Morgan fingerprint density at radius 1 is 1.00 bits per heavy atom. The van der Waals surface area contributed by atoms with E-state index in [1.54, 1.807) is 36.4 Å². The lowest BCUT2D eigenvalue weighted by atomic mass is 10.1. The van der Waals surface area contributed by atoms with Crippen molar-refractivity contribution in [3.63, 3.8) is 0 Å². The summed E-state index contributed by atoms with van der Waals surface area (Å²) in [5.41, 5.74) is 6.88. The number of carbonyl (C=O) groups excluding carboxylic acids is 3. The molecule has 0 fully saturated rings. The van der Waals surface area contributed by atoms with Crippen molar-refractivity contribution in [2.24, 2.45) is 11.7 Å². The highest BCUT2D eigenvalue weighted by molar-refractivity contribution is 8.00. The van der Waals surface area contributed by atoms with Crippen molar-refractivity contribution in [1.29, 1.82) is 0 Å². The van der Waals surface area contributed by atoms with Gasteiger partial charge in [-0.3, -0.25) is 14.4 Å². The maximum Gasteiger partial charge on any atom is 0.255 e. The number of amides is 3. The monoisotopic (exact) mass is 371 g/mol. The van der Waals surface area contributed by atoms with Crippen molar-refractivity contribution < 1.29 is 14.4 Å². The maximum absolute atomic E-state index is 12.4. The van der Waals surface area contributed by atoms with Gasteiger partial charge in [-0.1, -0.05) is 26.0 Å². The number of benzene rings is 2. The van der Waals surface area contributed by atoms with E-state index in [1.807, 2.05) is 26.0 Å². The summed E-state index contributed by atoms with van der Waals surface area (Å²) in [6.45, 7) is 3.62. The average molecular weight is 371 g/mol. The van der Waals surface area contributed by atoms with Crippen molar-refractivity contribution in [1.82, 2.24) is 0 Å². The molecule has 0 saturated heterocycles. The summed E-state index contributed by atoms with van der Waals surface area (Å²) in [7, 11) is 0. The Bertz CT molecular complexity index is 804. The summed E-state index contributed by atoms with van der Waals surface area (Å²) in [6.07, 6.45) is 0. The number of para-hydroxylation sites is 1. The molecule has 2 aromatic rings. The molecular formula is C19H21N3O3S. The number of rotatable bonds is 7. The van der Waals surface area contributed by atoms with Gasteiger partial charge in [0, 0.05) is 22.1 Å². The Hall–Kier alpha value is -2.80. The first-order valence-corrected chi connectivity index (χ1v) is 9.08. The van der Waals surface area contributed by atoms with Crippen molar-refractivity contribution in [3.05, 3.63) is 54.1 Å². The summed E-state index contributed by atoms with van der Waals surface area (Å²) >= 11 is 1.27. The van der Waals surface area contributed by atoms with E-state index in [-0.39, 0.29) is 23.5 Å². The highest BCUT2D eigenvalue weighted by Gasteiger charge is 2.11. The largest absolute Gasteiger partial charge is 0.369 e. The Balaban J connectivity index is 2.06. The van der Waals surface area contributed by atoms with Crippen molar-refractivity contribution in [3.8, 4) is 0 Å². The minimum absolute atomic E-state index is 0.0809. The van der Waals surface area contributed by atoms with Gasteiger partial charge in [0.2, 0.25) is 11.8 Å². The molecule has 136 valence electrons. The van der Waals surface area contributed by atoms with Crippen LogP contribution in [0.3, 0.4) is 0 Å². The summed E-state index contributed by atoms with van der Waals surface area (Å²) in [6, 6.07) is 13.9. The van der Waals surface area contributed by atoms with Crippen LogP contribution in [0.2, 0.25) is 0 Å². The third-order valence-corrected chi connectivity index (χ3v) is 4.54. The van der Waals surface area contributed by atoms with Crippen LogP contribution in [0, 0.1) is 5.92 Å². The zero-order valence-corrected chi connectivity index (χ0v) is 15.4.